The number of halogens is 1. The molecule has 0 bridgehead atoms. The van der Waals surface area contributed by atoms with Crippen LogP contribution in [0.3, 0.4) is 0 Å². The largest absolute Gasteiger partial charge is 0.315 e. The molecule has 1 unspecified atom stereocenters. The molecule has 1 aliphatic heterocycles. The summed E-state index contributed by atoms with van der Waals surface area (Å²) in [5, 5.41) is 3.43. The third-order valence-corrected chi connectivity index (χ3v) is 3.76. The first kappa shape index (κ1) is 16.5. The van der Waals surface area contributed by atoms with Crippen molar-refractivity contribution in [3.8, 4) is 0 Å². The summed E-state index contributed by atoms with van der Waals surface area (Å²) in [7, 11) is 2.24. The molecule has 2 rings (SSSR count). The molecule has 1 saturated heterocycles. The maximum Gasteiger partial charge on any atom is 0.0234 e. The number of nitrogens with zero attached hydrogens (tertiary/aromatic N) is 1. The van der Waals surface area contributed by atoms with Gasteiger partial charge in [0, 0.05) is 19.1 Å². The minimum atomic E-state index is 0. The molecule has 0 aromatic heterocycles. The molecule has 0 amide bonds. The van der Waals surface area contributed by atoms with Crippen molar-refractivity contribution in [2.24, 2.45) is 5.92 Å². The third-order valence-electron chi connectivity index (χ3n) is 3.76. The fraction of sp³-hybridized carbons (Fsp3) is 0.625. The lowest BCUT2D eigenvalue weighted by Gasteiger charge is -2.23. The predicted octanol–water partition coefficient (Wildman–Crippen LogP) is 3.10. The van der Waals surface area contributed by atoms with Crippen LogP contribution in [-0.4, -0.2) is 31.1 Å². The van der Waals surface area contributed by atoms with Crippen LogP contribution in [0.15, 0.2) is 24.3 Å². The van der Waals surface area contributed by atoms with Crippen molar-refractivity contribution in [3.63, 3.8) is 0 Å². The monoisotopic (exact) mass is 282 g/mol. The summed E-state index contributed by atoms with van der Waals surface area (Å²) >= 11 is 0. The zero-order chi connectivity index (χ0) is 13.0. The van der Waals surface area contributed by atoms with Crippen LogP contribution in [0.1, 0.15) is 31.4 Å². The second-order valence-corrected chi connectivity index (χ2v) is 5.98. The van der Waals surface area contributed by atoms with Crippen molar-refractivity contribution in [2.45, 2.75) is 39.3 Å². The zero-order valence-electron chi connectivity index (χ0n) is 12.4. The van der Waals surface area contributed by atoms with Gasteiger partial charge in [0.1, 0.15) is 0 Å². The molecule has 1 N–H and O–H groups in total. The number of rotatable bonds is 5. The van der Waals surface area contributed by atoms with E-state index in [9.17, 15) is 0 Å². The highest BCUT2D eigenvalue weighted by molar-refractivity contribution is 5.85. The van der Waals surface area contributed by atoms with Crippen molar-refractivity contribution < 1.29 is 0 Å². The van der Waals surface area contributed by atoms with Gasteiger partial charge in [0.25, 0.3) is 0 Å². The zero-order valence-corrected chi connectivity index (χ0v) is 13.2. The molecule has 0 radical (unpaired) electrons. The quantitative estimate of drug-likeness (QED) is 0.893. The summed E-state index contributed by atoms with van der Waals surface area (Å²) in [6.45, 7) is 7.92. The Labute approximate surface area is 124 Å². The van der Waals surface area contributed by atoms with Crippen LogP contribution >= 0.6 is 12.4 Å². The van der Waals surface area contributed by atoms with Crippen LogP contribution in [-0.2, 0) is 13.0 Å². The summed E-state index contributed by atoms with van der Waals surface area (Å²) in [6.07, 6.45) is 2.46. The van der Waals surface area contributed by atoms with Gasteiger partial charge in [0.05, 0.1) is 0 Å². The van der Waals surface area contributed by atoms with Crippen LogP contribution in [0.25, 0.3) is 0 Å². The smallest absolute Gasteiger partial charge is 0.0234 e. The fourth-order valence-corrected chi connectivity index (χ4v) is 2.68. The van der Waals surface area contributed by atoms with Crippen LogP contribution < -0.4 is 5.32 Å². The molecular formula is C16H27ClN2. The number of nitrogens with one attached hydrogen (secondary N) is 1. The Morgan fingerprint density at radius 3 is 2.37 bits per heavy atom. The summed E-state index contributed by atoms with van der Waals surface area (Å²) in [5.41, 5.74) is 2.89. The Kier molecular flexibility index (Phi) is 6.84. The minimum absolute atomic E-state index is 0. The third kappa shape index (κ3) is 5.13. The van der Waals surface area contributed by atoms with Gasteiger partial charge in [-0.3, -0.25) is 4.90 Å². The van der Waals surface area contributed by atoms with E-state index in [1.54, 1.807) is 0 Å². The Morgan fingerprint density at radius 2 is 1.84 bits per heavy atom. The standard InChI is InChI=1S/C16H26N2.ClH/c1-13(2)10-14-4-6-15(7-5-14)12-18(3)16-8-9-17-11-16;/h4-7,13,16-17H,8-12H2,1-3H3;1H. The Balaban J connectivity index is 0.00000180. The van der Waals surface area contributed by atoms with Gasteiger partial charge in [-0.25, -0.2) is 0 Å². The van der Waals surface area contributed by atoms with E-state index in [1.807, 2.05) is 0 Å². The van der Waals surface area contributed by atoms with Crippen molar-refractivity contribution in [1.29, 1.82) is 0 Å². The average molecular weight is 283 g/mol. The fourth-order valence-electron chi connectivity index (χ4n) is 2.68. The highest BCUT2D eigenvalue weighted by Gasteiger charge is 2.18. The molecule has 1 aromatic rings. The first-order valence-electron chi connectivity index (χ1n) is 7.14. The summed E-state index contributed by atoms with van der Waals surface area (Å²) in [5.74, 6) is 0.739. The normalized spacial score (nSPS) is 18.9. The summed E-state index contributed by atoms with van der Waals surface area (Å²) < 4.78 is 0. The molecule has 1 aliphatic rings. The molecule has 1 heterocycles. The van der Waals surface area contributed by atoms with Gasteiger partial charge < -0.3 is 5.32 Å². The van der Waals surface area contributed by atoms with Gasteiger partial charge >= 0.3 is 0 Å². The summed E-state index contributed by atoms with van der Waals surface area (Å²) in [4.78, 5) is 2.47. The maximum atomic E-state index is 3.43. The molecule has 108 valence electrons. The lowest BCUT2D eigenvalue weighted by Crippen LogP contribution is -2.32. The van der Waals surface area contributed by atoms with E-state index in [-0.39, 0.29) is 12.4 Å². The van der Waals surface area contributed by atoms with Crippen LogP contribution in [0, 0.1) is 5.92 Å². The van der Waals surface area contributed by atoms with E-state index in [1.165, 1.54) is 30.5 Å². The molecule has 0 saturated carbocycles. The molecular weight excluding hydrogens is 256 g/mol. The molecule has 1 aromatic carbocycles. The molecule has 3 heteroatoms. The van der Waals surface area contributed by atoms with E-state index < -0.39 is 0 Å². The number of hydrogen-bond donors (Lipinski definition) is 1. The van der Waals surface area contributed by atoms with E-state index in [4.69, 9.17) is 0 Å². The lowest BCUT2D eigenvalue weighted by molar-refractivity contribution is 0.249. The topological polar surface area (TPSA) is 15.3 Å². The molecule has 2 nitrogen and oxygen atoms in total. The summed E-state index contributed by atoms with van der Waals surface area (Å²) in [6, 6.07) is 9.86. The van der Waals surface area contributed by atoms with Crippen molar-refractivity contribution in [1.82, 2.24) is 10.2 Å². The van der Waals surface area contributed by atoms with E-state index >= 15 is 0 Å². The van der Waals surface area contributed by atoms with Gasteiger partial charge in [-0.1, -0.05) is 38.1 Å². The van der Waals surface area contributed by atoms with Gasteiger partial charge in [-0.2, -0.15) is 0 Å². The predicted molar refractivity (Wildman–Crippen MR) is 85.0 cm³/mol. The van der Waals surface area contributed by atoms with Crippen LogP contribution in [0.4, 0.5) is 0 Å². The first-order valence-corrected chi connectivity index (χ1v) is 7.14. The van der Waals surface area contributed by atoms with Gasteiger partial charge in [-0.15, -0.1) is 12.4 Å². The molecule has 0 aliphatic carbocycles. The van der Waals surface area contributed by atoms with Gasteiger partial charge in [0.15, 0.2) is 0 Å². The Hall–Kier alpha value is -0.570. The van der Waals surface area contributed by atoms with Gasteiger partial charge in [0.2, 0.25) is 0 Å². The SMILES string of the molecule is CC(C)Cc1ccc(CN(C)C2CCNC2)cc1.Cl. The van der Waals surface area contributed by atoms with Crippen molar-refractivity contribution >= 4 is 12.4 Å². The van der Waals surface area contributed by atoms with Crippen molar-refractivity contribution in [2.75, 3.05) is 20.1 Å². The maximum absolute atomic E-state index is 3.43. The number of benzene rings is 1. The molecule has 1 fully saturated rings. The second kappa shape index (κ2) is 7.88. The number of hydrogen-bond acceptors (Lipinski definition) is 2. The lowest BCUT2D eigenvalue weighted by atomic mass is 10.0. The van der Waals surface area contributed by atoms with Crippen LogP contribution in [0.5, 0.6) is 0 Å². The first-order chi connectivity index (χ1) is 8.65. The Bertz CT molecular complexity index is 356. The van der Waals surface area contributed by atoms with Crippen molar-refractivity contribution in [3.05, 3.63) is 35.4 Å². The highest BCUT2D eigenvalue weighted by atomic mass is 35.5. The van der Waals surface area contributed by atoms with Gasteiger partial charge in [-0.05, 0) is 43.5 Å². The average Bonchev–Trinajstić information content (AvgIpc) is 2.84. The molecule has 1 atom stereocenters. The highest BCUT2D eigenvalue weighted by Crippen LogP contribution is 2.14. The van der Waals surface area contributed by atoms with Crippen LogP contribution in [0.2, 0.25) is 0 Å². The van der Waals surface area contributed by atoms with E-state index in [2.05, 4.69) is 55.4 Å². The number of likely N-dealkylation sites (N-methyl/N-ethyl adjacent to an activating group) is 1. The molecule has 19 heavy (non-hydrogen) atoms. The Morgan fingerprint density at radius 1 is 1.21 bits per heavy atom. The van der Waals surface area contributed by atoms with E-state index in [0.29, 0.717) is 6.04 Å². The second-order valence-electron chi connectivity index (χ2n) is 5.98. The van der Waals surface area contributed by atoms with E-state index in [0.717, 1.165) is 19.0 Å². The molecule has 0 spiro atoms. The minimum Gasteiger partial charge on any atom is -0.315 e.